The summed E-state index contributed by atoms with van der Waals surface area (Å²) in [6.07, 6.45) is 2.28. The van der Waals surface area contributed by atoms with E-state index in [-0.39, 0.29) is 0 Å². The Bertz CT molecular complexity index is 1130. The van der Waals surface area contributed by atoms with Crippen LogP contribution < -0.4 is 9.47 Å². The van der Waals surface area contributed by atoms with Crippen LogP contribution in [0, 0.1) is 6.92 Å². The van der Waals surface area contributed by atoms with Gasteiger partial charge in [-0.1, -0.05) is 6.07 Å². The first-order chi connectivity index (χ1) is 18.9. The van der Waals surface area contributed by atoms with Crippen molar-refractivity contribution >= 4 is 17.9 Å². The molecule has 4 N–H and O–H groups in total. The Hall–Kier alpha value is -3.68. The van der Waals surface area contributed by atoms with Gasteiger partial charge in [0.2, 0.25) is 0 Å². The molecule has 2 aromatic rings. The summed E-state index contributed by atoms with van der Waals surface area (Å²) in [4.78, 5) is 32.9. The summed E-state index contributed by atoms with van der Waals surface area (Å²) in [5, 5.41) is 38.3. The highest BCUT2D eigenvalue weighted by atomic mass is 16.5. The lowest BCUT2D eigenvalue weighted by atomic mass is 9.96. The van der Waals surface area contributed by atoms with Crippen molar-refractivity contribution in [2.24, 2.45) is 0 Å². The van der Waals surface area contributed by atoms with Crippen LogP contribution in [0.25, 0.3) is 0 Å². The van der Waals surface area contributed by atoms with Crippen LogP contribution in [0.2, 0.25) is 0 Å². The van der Waals surface area contributed by atoms with Crippen molar-refractivity contribution < 1.29 is 49.0 Å². The second-order valence-electron chi connectivity index (χ2n) is 9.53. The molecule has 0 aliphatic carbocycles. The van der Waals surface area contributed by atoms with Crippen LogP contribution in [0.4, 0.5) is 0 Å². The summed E-state index contributed by atoms with van der Waals surface area (Å²) < 4.78 is 18.9. The second kappa shape index (κ2) is 15.2. The quantitative estimate of drug-likeness (QED) is 0.262. The fourth-order valence-electron chi connectivity index (χ4n) is 4.40. The average molecular weight is 566 g/mol. The first-order valence-electron chi connectivity index (χ1n) is 12.9. The first-order valence-corrected chi connectivity index (χ1v) is 12.9. The van der Waals surface area contributed by atoms with Crippen molar-refractivity contribution in [1.82, 2.24) is 14.7 Å². The number of aliphatic carboxylic acids is 3. The van der Waals surface area contributed by atoms with E-state index in [1.54, 1.807) is 14.2 Å². The summed E-state index contributed by atoms with van der Waals surface area (Å²) in [5.74, 6) is -3.36. The Morgan fingerprint density at radius 2 is 1.75 bits per heavy atom. The number of carboxylic acids is 3. The van der Waals surface area contributed by atoms with Crippen molar-refractivity contribution in [1.29, 1.82) is 0 Å². The van der Waals surface area contributed by atoms with Gasteiger partial charge < -0.3 is 34.6 Å². The number of benzene rings is 1. The minimum atomic E-state index is -2.74. The maximum atomic E-state index is 10.3. The van der Waals surface area contributed by atoms with E-state index in [2.05, 4.69) is 29.9 Å². The highest BCUT2D eigenvalue weighted by Crippen LogP contribution is 2.27. The zero-order chi connectivity index (χ0) is 29.9. The SMILES string of the molecule is CCn1ncc(CN(Cc2ccc(OC)cc2OC)CC2CCCO2)c1C.O=C(O)CC(O)(CC(=O)O)C(=O)O. The van der Waals surface area contributed by atoms with E-state index in [1.165, 1.54) is 11.3 Å². The molecule has 1 aromatic heterocycles. The lowest BCUT2D eigenvalue weighted by Crippen LogP contribution is -2.42. The Balaban J connectivity index is 0.000000366. The molecule has 13 heteroatoms. The van der Waals surface area contributed by atoms with Crippen molar-refractivity contribution in [3.8, 4) is 11.5 Å². The number of carboxylic acid groups (broad SMARTS) is 3. The molecule has 40 heavy (non-hydrogen) atoms. The number of methoxy groups -OCH3 is 2. The summed E-state index contributed by atoms with van der Waals surface area (Å²) in [6.45, 7) is 8.58. The van der Waals surface area contributed by atoms with Gasteiger partial charge in [0.15, 0.2) is 5.60 Å². The number of nitrogens with zero attached hydrogens (tertiary/aromatic N) is 3. The van der Waals surface area contributed by atoms with Gasteiger partial charge in [0.25, 0.3) is 0 Å². The highest BCUT2D eigenvalue weighted by molar-refractivity contribution is 5.88. The number of hydrogen-bond acceptors (Lipinski definition) is 9. The van der Waals surface area contributed by atoms with Crippen LogP contribution in [0.1, 0.15) is 49.4 Å². The van der Waals surface area contributed by atoms with Crippen LogP contribution in [0.3, 0.4) is 0 Å². The Morgan fingerprint density at radius 3 is 2.23 bits per heavy atom. The third-order valence-corrected chi connectivity index (χ3v) is 6.56. The Morgan fingerprint density at radius 1 is 1.10 bits per heavy atom. The predicted octanol–water partition coefficient (Wildman–Crippen LogP) is 2.16. The Labute approximate surface area is 232 Å². The second-order valence-corrected chi connectivity index (χ2v) is 9.53. The fraction of sp³-hybridized carbons (Fsp3) is 0.556. The molecule has 1 unspecified atom stereocenters. The van der Waals surface area contributed by atoms with Crippen molar-refractivity contribution in [2.75, 3.05) is 27.4 Å². The maximum Gasteiger partial charge on any atom is 0.336 e. The van der Waals surface area contributed by atoms with Gasteiger partial charge in [-0.2, -0.15) is 5.10 Å². The molecule has 1 aromatic carbocycles. The number of rotatable bonds is 14. The summed E-state index contributed by atoms with van der Waals surface area (Å²) in [7, 11) is 3.38. The van der Waals surface area contributed by atoms with E-state index in [0.29, 0.717) is 6.10 Å². The topological polar surface area (TPSA) is 181 Å². The van der Waals surface area contributed by atoms with Gasteiger partial charge in [-0.15, -0.1) is 0 Å². The number of aromatic nitrogens is 2. The van der Waals surface area contributed by atoms with Crippen molar-refractivity contribution in [3.63, 3.8) is 0 Å². The summed E-state index contributed by atoms with van der Waals surface area (Å²) in [6, 6.07) is 6.02. The number of aryl methyl sites for hydroxylation is 1. The third kappa shape index (κ3) is 9.50. The van der Waals surface area contributed by atoms with Crippen LogP contribution >= 0.6 is 0 Å². The largest absolute Gasteiger partial charge is 0.497 e. The zero-order valence-corrected chi connectivity index (χ0v) is 23.3. The van der Waals surface area contributed by atoms with Gasteiger partial charge in [0, 0.05) is 55.7 Å². The Kier molecular flexibility index (Phi) is 12.4. The molecule has 0 spiro atoms. The van der Waals surface area contributed by atoms with Gasteiger partial charge in [0.05, 0.1) is 39.4 Å². The molecule has 0 bridgehead atoms. The van der Waals surface area contributed by atoms with E-state index in [0.717, 1.165) is 62.7 Å². The number of ether oxygens (including phenoxy) is 3. The molecule has 1 atom stereocenters. The monoisotopic (exact) mass is 565 g/mol. The average Bonchev–Trinajstić information content (AvgIpc) is 3.53. The van der Waals surface area contributed by atoms with Crippen LogP contribution in [0.5, 0.6) is 11.5 Å². The standard InChI is InChI=1S/C21H31N3O3.C6H8O7/c1-5-24-16(2)18(12-22-24)14-23(15-20-7-6-10-27-20)13-17-8-9-19(25-3)11-21(17)26-4;7-3(8)1-6(13,5(11)12)2-4(9)10/h8-9,11-12,20H,5-7,10,13-15H2,1-4H3;13H,1-2H2,(H,7,8)(H,9,10)(H,11,12). The predicted molar refractivity (Wildman–Crippen MR) is 142 cm³/mol. The van der Waals surface area contributed by atoms with E-state index in [4.69, 9.17) is 34.6 Å². The molecule has 1 aliphatic heterocycles. The summed E-state index contributed by atoms with van der Waals surface area (Å²) >= 11 is 0. The van der Waals surface area contributed by atoms with Crippen LogP contribution in [0.15, 0.2) is 24.4 Å². The zero-order valence-electron chi connectivity index (χ0n) is 23.3. The summed E-state index contributed by atoms with van der Waals surface area (Å²) in [5.41, 5.74) is 0.910. The van der Waals surface area contributed by atoms with Gasteiger partial charge >= 0.3 is 17.9 Å². The molecule has 13 nitrogen and oxygen atoms in total. The van der Waals surface area contributed by atoms with Crippen molar-refractivity contribution in [2.45, 2.75) is 70.9 Å². The molecule has 2 heterocycles. The van der Waals surface area contributed by atoms with Crippen molar-refractivity contribution in [3.05, 3.63) is 41.2 Å². The fourth-order valence-corrected chi connectivity index (χ4v) is 4.40. The third-order valence-electron chi connectivity index (χ3n) is 6.56. The lowest BCUT2D eigenvalue weighted by molar-refractivity contribution is -0.170. The molecule has 3 rings (SSSR count). The number of carbonyl (C=O) groups is 3. The lowest BCUT2D eigenvalue weighted by Gasteiger charge is -2.26. The molecule has 1 aliphatic rings. The number of hydrogen-bond donors (Lipinski definition) is 4. The minimum absolute atomic E-state index is 0.302. The first kappa shape index (κ1) is 32.5. The molecular weight excluding hydrogens is 526 g/mol. The smallest absolute Gasteiger partial charge is 0.336 e. The van der Waals surface area contributed by atoms with Gasteiger partial charge in [-0.25, -0.2) is 4.79 Å². The van der Waals surface area contributed by atoms with Gasteiger partial charge in [-0.3, -0.25) is 19.2 Å². The molecule has 0 amide bonds. The van der Waals surface area contributed by atoms with Gasteiger partial charge in [-0.05, 0) is 32.8 Å². The molecular formula is C27H39N3O10. The van der Waals surface area contributed by atoms with Crippen LogP contribution in [-0.4, -0.2) is 92.1 Å². The highest BCUT2D eigenvalue weighted by Gasteiger charge is 2.40. The molecule has 0 saturated carbocycles. The maximum absolute atomic E-state index is 10.3. The van der Waals surface area contributed by atoms with E-state index >= 15 is 0 Å². The normalized spacial score (nSPS) is 14.9. The number of aliphatic hydroxyl groups is 1. The van der Waals surface area contributed by atoms with E-state index in [1.807, 2.05) is 23.0 Å². The van der Waals surface area contributed by atoms with Gasteiger partial charge in [0.1, 0.15) is 11.5 Å². The van der Waals surface area contributed by atoms with E-state index in [9.17, 15) is 14.4 Å². The molecule has 1 fully saturated rings. The van der Waals surface area contributed by atoms with E-state index < -0.39 is 36.4 Å². The van der Waals surface area contributed by atoms with Crippen LogP contribution in [-0.2, 0) is 38.8 Å². The molecule has 0 radical (unpaired) electrons. The molecule has 222 valence electrons. The minimum Gasteiger partial charge on any atom is -0.497 e. The molecule has 1 saturated heterocycles.